The summed E-state index contributed by atoms with van der Waals surface area (Å²) in [5.74, 6) is 0.451. The molecule has 0 radical (unpaired) electrons. The van der Waals surface area contributed by atoms with E-state index in [2.05, 4.69) is 20.3 Å². The van der Waals surface area contributed by atoms with Gasteiger partial charge in [0.2, 0.25) is 18.9 Å². The summed E-state index contributed by atoms with van der Waals surface area (Å²) in [6.07, 6.45) is -3.43. The minimum Gasteiger partial charge on any atom is -0.432 e. The van der Waals surface area contributed by atoms with Crippen molar-refractivity contribution in [1.29, 1.82) is 0 Å². The fraction of sp³-hybridized carbons (Fsp3) is 0.731. The number of aliphatic hydroxyl groups excluding tert-OH is 2. The molecule has 4 atom stereocenters. The first-order valence-electron chi connectivity index (χ1n) is 14.7. The quantitative estimate of drug-likeness (QED) is 0.105. The second-order valence-electron chi connectivity index (χ2n) is 11.1. The molecule has 3 N–H and O–H groups in total. The number of nitrogens with one attached hydrogen (secondary N) is 1. The number of halogens is 1. The van der Waals surface area contributed by atoms with Crippen LogP contribution in [0.15, 0.2) is 6.33 Å². The van der Waals surface area contributed by atoms with Crippen LogP contribution in [-0.4, -0.2) is 105 Å². The maximum Gasteiger partial charge on any atom is 0.510 e. The van der Waals surface area contributed by atoms with Gasteiger partial charge in [-0.25, -0.2) is 14.6 Å². The lowest BCUT2D eigenvalue weighted by atomic mass is 10.1. The van der Waals surface area contributed by atoms with E-state index >= 15 is 0 Å². The summed E-state index contributed by atoms with van der Waals surface area (Å²) >= 11 is 6.21. The number of rotatable bonds is 15. The van der Waals surface area contributed by atoms with Crippen molar-refractivity contribution in [3.05, 3.63) is 11.6 Å². The van der Waals surface area contributed by atoms with Gasteiger partial charge in [-0.3, -0.25) is 18.2 Å². The third-order valence-corrected chi connectivity index (χ3v) is 8.41. The average Bonchev–Trinajstić information content (AvgIpc) is 3.69. The van der Waals surface area contributed by atoms with E-state index in [1.54, 1.807) is 27.7 Å². The second kappa shape index (κ2) is 16.3. The van der Waals surface area contributed by atoms with E-state index in [0.29, 0.717) is 11.3 Å². The van der Waals surface area contributed by atoms with Crippen LogP contribution >= 0.6 is 19.2 Å². The van der Waals surface area contributed by atoms with E-state index in [1.165, 1.54) is 10.9 Å². The second-order valence-corrected chi connectivity index (χ2v) is 13.4. The Kier molecular flexibility index (Phi) is 12.8. The van der Waals surface area contributed by atoms with Crippen molar-refractivity contribution in [3.8, 4) is 0 Å². The van der Waals surface area contributed by atoms with Crippen molar-refractivity contribution in [1.82, 2.24) is 19.5 Å². The molecule has 2 aromatic heterocycles. The maximum absolute atomic E-state index is 13.3. The molecule has 1 saturated carbocycles. The topological polar surface area (TPSA) is 221 Å². The van der Waals surface area contributed by atoms with Crippen LogP contribution in [0.5, 0.6) is 0 Å². The summed E-state index contributed by atoms with van der Waals surface area (Å²) in [6, 6.07) is 0.223. The Morgan fingerprint density at radius 1 is 1.04 bits per heavy atom. The molecular weight excluding hydrogens is 657 g/mol. The Morgan fingerprint density at radius 3 is 2.24 bits per heavy atom. The molecule has 2 fully saturated rings. The predicted octanol–water partition coefficient (Wildman–Crippen LogP) is 3.69. The maximum atomic E-state index is 13.3. The number of carbonyl (C=O) groups is 2. The van der Waals surface area contributed by atoms with Crippen LogP contribution in [0.2, 0.25) is 5.28 Å². The Hall–Kier alpha value is -2.83. The summed E-state index contributed by atoms with van der Waals surface area (Å²) in [6.45, 7) is 4.31. The lowest BCUT2D eigenvalue weighted by Gasteiger charge is -2.20. The third kappa shape index (κ3) is 9.84. The fourth-order valence-corrected chi connectivity index (χ4v) is 5.84. The van der Waals surface area contributed by atoms with Gasteiger partial charge in [0.05, 0.1) is 25.1 Å². The first kappa shape index (κ1) is 36.0. The van der Waals surface area contributed by atoms with Crippen LogP contribution in [0.1, 0.15) is 59.6 Å². The van der Waals surface area contributed by atoms with Gasteiger partial charge in [0.1, 0.15) is 24.7 Å². The van der Waals surface area contributed by atoms with E-state index in [4.69, 9.17) is 49.1 Å². The minimum atomic E-state index is -4.25. The fourth-order valence-electron chi connectivity index (χ4n) is 4.69. The lowest BCUT2D eigenvalue weighted by Crippen LogP contribution is -2.34. The van der Waals surface area contributed by atoms with Crippen molar-refractivity contribution in [3.63, 3.8) is 0 Å². The Morgan fingerprint density at radius 2 is 1.65 bits per heavy atom. The van der Waals surface area contributed by atoms with Crippen LogP contribution in [0.4, 0.5) is 15.4 Å². The molecule has 0 amide bonds. The molecule has 0 aromatic carbocycles. The van der Waals surface area contributed by atoms with Crippen LogP contribution in [0, 0.1) is 0 Å². The summed E-state index contributed by atoms with van der Waals surface area (Å²) in [5, 5.41) is 24.9. The zero-order chi connectivity index (χ0) is 33.4. The van der Waals surface area contributed by atoms with Gasteiger partial charge >= 0.3 is 19.9 Å². The van der Waals surface area contributed by atoms with E-state index in [9.17, 15) is 24.4 Å². The molecule has 46 heavy (non-hydrogen) atoms. The summed E-state index contributed by atoms with van der Waals surface area (Å²) in [5.41, 5.74) is 0.687. The molecule has 1 saturated heterocycles. The molecule has 1 aliphatic carbocycles. The van der Waals surface area contributed by atoms with Gasteiger partial charge < -0.3 is 44.0 Å². The van der Waals surface area contributed by atoms with Crippen LogP contribution in [0.25, 0.3) is 11.2 Å². The zero-order valence-corrected chi connectivity index (χ0v) is 27.4. The predicted molar refractivity (Wildman–Crippen MR) is 158 cm³/mol. The van der Waals surface area contributed by atoms with Gasteiger partial charge in [-0.05, 0) is 52.1 Å². The monoisotopic (exact) mass is 695 g/mol. The molecule has 1 aliphatic heterocycles. The smallest absolute Gasteiger partial charge is 0.432 e. The van der Waals surface area contributed by atoms with Gasteiger partial charge in [-0.1, -0.05) is 12.8 Å². The van der Waals surface area contributed by atoms with Crippen LogP contribution in [0.3, 0.4) is 0 Å². The SMILES string of the molecule is CC(C)OC(=O)OCOP(=O)(COC[C@H]1O[C@@H](n2cnc3c(NC4CCCC4)nc(Cl)nc32)[C@H](O)[C@@H]1O)OCOC(=O)OC(C)C. The standard InChI is InChI=1S/C26H39ClN5O13P/c1-14(2)43-25(35)39-11-41-46(37,42-12-40-26(36)44-15(3)4)13-38-9-17-19(33)20(34)23(45-17)32-10-28-18-21(29-16-7-5-6-8-16)30-24(27)31-22(18)32/h10,14-17,19-20,23,33-34H,5-9,11-13H2,1-4H3,(H,29,30,31)/t17-,19-,20-,23-/m1/s1. The van der Waals surface area contributed by atoms with Crippen molar-refractivity contribution in [2.24, 2.45) is 0 Å². The van der Waals surface area contributed by atoms with E-state index in [0.717, 1.165) is 25.7 Å². The number of fused-ring (bicyclic) bond motifs is 1. The first-order chi connectivity index (χ1) is 21.8. The number of ether oxygens (including phenoxy) is 6. The largest absolute Gasteiger partial charge is 0.510 e. The molecule has 3 heterocycles. The zero-order valence-electron chi connectivity index (χ0n) is 25.8. The van der Waals surface area contributed by atoms with Gasteiger partial charge in [0.15, 0.2) is 23.2 Å². The normalized spacial score (nSPS) is 22.1. The molecule has 18 nitrogen and oxygen atoms in total. The molecule has 0 spiro atoms. The van der Waals surface area contributed by atoms with Crippen molar-refractivity contribution < 1.29 is 61.8 Å². The third-order valence-electron chi connectivity index (χ3n) is 6.75. The number of aliphatic hydroxyl groups is 2. The highest BCUT2D eigenvalue weighted by Crippen LogP contribution is 2.48. The summed E-state index contributed by atoms with van der Waals surface area (Å²) in [4.78, 5) is 36.2. The minimum absolute atomic E-state index is 0.0405. The summed E-state index contributed by atoms with van der Waals surface area (Å²) in [7, 11) is -4.25. The Labute approximate surface area is 269 Å². The highest BCUT2D eigenvalue weighted by molar-refractivity contribution is 7.53. The average molecular weight is 696 g/mol. The Balaban J connectivity index is 1.38. The van der Waals surface area contributed by atoms with E-state index < -0.39 is 83.2 Å². The molecule has 0 unspecified atom stereocenters. The van der Waals surface area contributed by atoms with Gasteiger partial charge in [0, 0.05) is 6.04 Å². The Bertz CT molecular complexity index is 1340. The van der Waals surface area contributed by atoms with Gasteiger partial charge in [0.25, 0.3) is 0 Å². The number of nitrogens with zero attached hydrogens (tertiary/aromatic N) is 4. The molecule has 2 aromatic rings. The van der Waals surface area contributed by atoms with Crippen LogP contribution in [-0.2, 0) is 42.0 Å². The number of anilines is 1. The van der Waals surface area contributed by atoms with E-state index in [-0.39, 0.29) is 17.0 Å². The molecule has 258 valence electrons. The van der Waals surface area contributed by atoms with Gasteiger partial charge in [-0.2, -0.15) is 9.97 Å². The molecule has 20 heteroatoms. The molecular formula is C26H39ClN5O13P. The summed E-state index contributed by atoms with van der Waals surface area (Å²) < 4.78 is 55.4. The van der Waals surface area contributed by atoms with Crippen molar-refractivity contribution in [2.75, 3.05) is 31.9 Å². The van der Waals surface area contributed by atoms with Crippen LogP contribution < -0.4 is 5.32 Å². The molecule has 2 aliphatic rings. The number of aromatic nitrogens is 4. The number of carbonyl (C=O) groups excluding carboxylic acids is 2. The van der Waals surface area contributed by atoms with Crippen molar-refractivity contribution in [2.45, 2.75) is 96.2 Å². The molecule has 4 rings (SSSR count). The first-order valence-corrected chi connectivity index (χ1v) is 16.8. The highest BCUT2D eigenvalue weighted by atomic mass is 35.5. The van der Waals surface area contributed by atoms with Crippen molar-refractivity contribution >= 4 is 48.5 Å². The highest BCUT2D eigenvalue weighted by Gasteiger charge is 2.45. The van der Waals surface area contributed by atoms with Gasteiger partial charge in [-0.15, -0.1) is 0 Å². The number of hydrogen-bond donors (Lipinski definition) is 3. The number of hydrogen-bond acceptors (Lipinski definition) is 17. The lowest BCUT2D eigenvalue weighted by molar-refractivity contribution is -0.0653. The number of imidazole rings is 1. The van der Waals surface area contributed by atoms with E-state index in [1.807, 2.05) is 0 Å². The molecule has 0 bridgehead atoms.